The summed E-state index contributed by atoms with van der Waals surface area (Å²) >= 11 is 0. The van der Waals surface area contributed by atoms with Crippen LogP contribution in [0.1, 0.15) is 33.6 Å². The molecule has 1 aromatic rings. The Morgan fingerprint density at radius 1 is 1.19 bits per heavy atom. The average Bonchev–Trinajstić information content (AvgIpc) is 3.23. The zero-order valence-electron chi connectivity index (χ0n) is 13.9. The maximum Gasteiger partial charge on any atom is 0.294 e. The summed E-state index contributed by atoms with van der Waals surface area (Å²) in [6.45, 7) is 0.497. The van der Waals surface area contributed by atoms with E-state index in [2.05, 4.69) is 4.84 Å². The third-order valence-electron chi connectivity index (χ3n) is 4.28. The van der Waals surface area contributed by atoms with E-state index in [0.717, 1.165) is 17.7 Å². The second kappa shape index (κ2) is 7.38. The molecule has 10 heteroatoms. The fraction of sp³-hybridized carbons (Fsp3) is 0.438. The van der Waals surface area contributed by atoms with Gasteiger partial charge in [-0.25, -0.2) is 0 Å². The van der Waals surface area contributed by atoms with Crippen LogP contribution in [0.15, 0.2) is 18.2 Å². The minimum absolute atomic E-state index is 0.0628. The molecule has 2 aliphatic rings. The number of nitrogens with zero attached hydrogens (tertiary/aromatic N) is 3. The lowest BCUT2D eigenvalue weighted by Crippen LogP contribution is -2.34. The summed E-state index contributed by atoms with van der Waals surface area (Å²) in [4.78, 5) is 53.9. The number of amides is 3. The van der Waals surface area contributed by atoms with Gasteiger partial charge in [-0.1, -0.05) is 6.07 Å². The standard InChI is InChI=1S/C16H17N3O7/c20-13(17-6-1-2-7-17)10-25-12-5-3-4-11-14(12)16(22)18(15(11)21)8-9-26-19(23)24/h3-5H,1-2,6-10H2. The molecule has 3 amide bonds. The lowest BCUT2D eigenvalue weighted by atomic mass is 10.1. The van der Waals surface area contributed by atoms with E-state index in [1.807, 2.05) is 0 Å². The fourth-order valence-corrected chi connectivity index (χ4v) is 3.03. The van der Waals surface area contributed by atoms with Gasteiger partial charge in [0.2, 0.25) is 0 Å². The van der Waals surface area contributed by atoms with Gasteiger partial charge in [0.05, 0.1) is 17.7 Å². The largest absolute Gasteiger partial charge is 0.483 e. The van der Waals surface area contributed by atoms with Crippen LogP contribution < -0.4 is 4.74 Å². The molecule has 0 bridgehead atoms. The van der Waals surface area contributed by atoms with Crippen LogP contribution in [0.3, 0.4) is 0 Å². The monoisotopic (exact) mass is 363 g/mol. The number of carbonyl (C=O) groups excluding carboxylic acids is 3. The number of imide groups is 1. The Morgan fingerprint density at radius 2 is 1.92 bits per heavy atom. The molecule has 3 rings (SSSR count). The molecule has 2 aliphatic heterocycles. The molecular formula is C16H17N3O7. The van der Waals surface area contributed by atoms with Crippen molar-refractivity contribution in [2.75, 3.05) is 32.8 Å². The Balaban J connectivity index is 1.70. The topological polar surface area (TPSA) is 119 Å². The number of carbonyl (C=O) groups is 3. The fourth-order valence-electron chi connectivity index (χ4n) is 3.03. The van der Waals surface area contributed by atoms with Crippen LogP contribution in [0.25, 0.3) is 0 Å². The summed E-state index contributed by atoms with van der Waals surface area (Å²) in [7, 11) is 0. The molecule has 0 saturated carbocycles. The van der Waals surface area contributed by atoms with E-state index in [9.17, 15) is 24.5 Å². The summed E-state index contributed by atoms with van der Waals surface area (Å²) in [6.07, 6.45) is 1.92. The van der Waals surface area contributed by atoms with E-state index in [1.54, 1.807) is 11.0 Å². The van der Waals surface area contributed by atoms with Crippen LogP contribution in [0.4, 0.5) is 0 Å². The summed E-state index contributed by atoms with van der Waals surface area (Å²) in [5.41, 5.74) is 0.204. The van der Waals surface area contributed by atoms with Crippen molar-refractivity contribution in [3.8, 4) is 5.75 Å². The molecule has 0 spiro atoms. The van der Waals surface area contributed by atoms with Crippen LogP contribution in [0.2, 0.25) is 0 Å². The van der Waals surface area contributed by atoms with Crippen LogP contribution in [0, 0.1) is 10.1 Å². The van der Waals surface area contributed by atoms with Gasteiger partial charge in [-0.2, -0.15) is 0 Å². The molecule has 0 atom stereocenters. The van der Waals surface area contributed by atoms with Crippen molar-refractivity contribution >= 4 is 17.7 Å². The molecule has 1 aromatic carbocycles. The van der Waals surface area contributed by atoms with Gasteiger partial charge in [0.15, 0.2) is 6.61 Å². The summed E-state index contributed by atoms with van der Waals surface area (Å²) < 4.78 is 5.50. The second-order valence-electron chi connectivity index (χ2n) is 5.87. The number of benzene rings is 1. The normalized spacial score (nSPS) is 16.0. The van der Waals surface area contributed by atoms with Gasteiger partial charge in [-0.15, -0.1) is 10.1 Å². The third-order valence-corrected chi connectivity index (χ3v) is 4.28. The minimum Gasteiger partial charge on any atom is -0.483 e. The molecule has 0 unspecified atom stereocenters. The van der Waals surface area contributed by atoms with Crippen LogP contribution in [-0.4, -0.2) is 65.5 Å². The number of ether oxygens (including phenoxy) is 1. The highest BCUT2D eigenvalue weighted by Gasteiger charge is 2.38. The SMILES string of the molecule is O=C(COc1cccc2c1C(=O)N(CCO[N+](=O)[O-])C2=O)N1CCCC1. The zero-order chi connectivity index (χ0) is 18.7. The van der Waals surface area contributed by atoms with Crippen LogP contribution in [-0.2, 0) is 9.63 Å². The van der Waals surface area contributed by atoms with Gasteiger partial charge in [-0.05, 0) is 25.0 Å². The van der Waals surface area contributed by atoms with Gasteiger partial charge >= 0.3 is 0 Å². The Labute approximate surface area is 148 Å². The van der Waals surface area contributed by atoms with E-state index in [0.29, 0.717) is 13.1 Å². The van der Waals surface area contributed by atoms with Crippen molar-refractivity contribution < 1.29 is 29.0 Å². The van der Waals surface area contributed by atoms with Gasteiger partial charge in [-0.3, -0.25) is 19.3 Å². The van der Waals surface area contributed by atoms with Crippen molar-refractivity contribution in [1.29, 1.82) is 0 Å². The van der Waals surface area contributed by atoms with E-state index >= 15 is 0 Å². The van der Waals surface area contributed by atoms with Gasteiger partial charge in [0, 0.05) is 13.1 Å². The number of rotatable bonds is 7. The molecule has 0 radical (unpaired) electrons. The number of hydrogen-bond donors (Lipinski definition) is 0. The van der Waals surface area contributed by atoms with Crippen molar-refractivity contribution in [2.24, 2.45) is 0 Å². The van der Waals surface area contributed by atoms with Crippen LogP contribution >= 0.6 is 0 Å². The minimum atomic E-state index is -0.989. The van der Waals surface area contributed by atoms with Crippen molar-refractivity contribution in [3.05, 3.63) is 39.4 Å². The Hall–Kier alpha value is -3.17. The van der Waals surface area contributed by atoms with Gasteiger partial charge in [0.25, 0.3) is 22.8 Å². The molecule has 0 N–H and O–H groups in total. The van der Waals surface area contributed by atoms with Gasteiger partial charge in [0.1, 0.15) is 12.4 Å². The molecule has 0 aromatic heterocycles. The second-order valence-corrected chi connectivity index (χ2v) is 5.87. The van der Waals surface area contributed by atoms with Crippen molar-refractivity contribution in [3.63, 3.8) is 0 Å². The first-order valence-electron chi connectivity index (χ1n) is 8.16. The Bertz CT molecular complexity index is 758. The van der Waals surface area contributed by atoms with E-state index in [1.165, 1.54) is 12.1 Å². The number of fused-ring (bicyclic) bond motifs is 1. The maximum atomic E-state index is 12.5. The van der Waals surface area contributed by atoms with E-state index in [-0.39, 0.29) is 35.9 Å². The molecule has 0 aliphatic carbocycles. The highest BCUT2D eigenvalue weighted by molar-refractivity contribution is 6.22. The van der Waals surface area contributed by atoms with Gasteiger partial charge < -0.3 is 14.5 Å². The lowest BCUT2D eigenvalue weighted by Gasteiger charge is -2.16. The third kappa shape index (κ3) is 3.44. The molecule has 138 valence electrons. The number of hydrogen-bond acceptors (Lipinski definition) is 7. The van der Waals surface area contributed by atoms with Crippen LogP contribution in [0.5, 0.6) is 5.75 Å². The zero-order valence-corrected chi connectivity index (χ0v) is 13.9. The Kier molecular flexibility index (Phi) is 5.01. The molecule has 1 saturated heterocycles. The molecule has 26 heavy (non-hydrogen) atoms. The molecule has 2 heterocycles. The molecular weight excluding hydrogens is 346 g/mol. The van der Waals surface area contributed by atoms with E-state index < -0.39 is 23.5 Å². The average molecular weight is 363 g/mol. The number of likely N-dealkylation sites (tertiary alicyclic amines) is 1. The first kappa shape index (κ1) is 17.6. The maximum absolute atomic E-state index is 12.5. The molecule has 10 nitrogen and oxygen atoms in total. The lowest BCUT2D eigenvalue weighted by molar-refractivity contribution is -0.757. The summed E-state index contributed by atoms with van der Waals surface area (Å²) in [5, 5.41) is 9.22. The van der Waals surface area contributed by atoms with Crippen molar-refractivity contribution in [2.45, 2.75) is 12.8 Å². The molecule has 1 fully saturated rings. The highest BCUT2D eigenvalue weighted by atomic mass is 16.9. The first-order chi connectivity index (χ1) is 12.5. The van der Waals surface area contributed by atoms with E-state index in [4.69, 9.17) is 4.74 Å². The predicted octanol–water partition coefficient (Wildman–Crippen LogP) is 0.492. The van der Waals surface area contributed by atoms with Crippen molar-refractivity contribution in [1.82, 2.24) is 9.80 Å². The smallest absolute Gasteiger partial charge is 0.294 e. The Morgan fingerprint density at radius 3 is 2.62 bits per heavy atom. The summed E-state index contributed by atoms with van der Waals surface area (Å²) in [6, 6.07) is 4.54. The highest BCUT2D eigenvalue weighted by Crippen LogP contribution is 2.31. The summed E-state index contributed by atoms with van der Waals surface area (Å²) in [5.74, 6) is -1.23. The quantitative estimate of drug-likeness (QED) is 0.393. The first-order valence-corrected chi connectivity index (χ1v) is 8.16. The predicted molar refractivity (Wildman–Crippen MR) is 86.1 cm³/mol.